The van der Waals surface area contributed by atoms with Crippen molar-refractivity contribution in [2.24, 2.45) is 5.92 Å². The first-order chi connectivity index (χ1) is 9.51. The normalized spacial score (nSPS) is 23.2. The standard InChI is InChI=1S/C14H17ClN2O2S/c15-13-1-3-14(4-2-13)20(18,19)10-9-17-7-5-12(11-16)6-8-17/h1-4,12H,5-10H2/p+1. The number of halogens is 1. The lowest BCUT2D eigenvalue weighted by molar-refractivity contribution is -0.903. The zero-order valence-corrected chi connectivity index (χ0v) is 12.8. The third-order valence-electron chi connectivity index (χ3n) is 3.77. The van der Waals surface area contributed by atoms with Gasteiger partial charge in [0.15, 0.2) is 9.84 Å². The molecule has 108 valence electrons. The topological polar surface area (TPSA) is 62.4 Å². The first kappa shape index (κ1) is 15.3. The number of rotatable bonds is 4. The lowest BCUT2D eigenvalue weighted by Crippen LogP contribution is -3.13. The van der Waals surface area contributed by atoms with E-state index in [0.29, 0.717) is 16.5 Å². The van der Waals surface area contributed by atoms with Gasteiger partial charge >= 0.3 is 0 Å². The Morgan fingerprint density at radius 1 is 1.25 bits per heavy atom. The van der Waals surface area contributed by atoms with E-state index in [0.717, 1.165) is 25.9 Å². The number of hydrogen-bond donors (Lipinski definition) is 1. The molecule has 0 bridgehead atoms. The van der Waals surface area contributed by atoms with Crippen molar-refractivity contribution in [3.63, 3.8) is 0 Å². The van der Waals surface area contributed by atoms with Gasteiger partial charge in [-0.05, 0) is 24.3 Å². The average Bonchev–Trinajstić information content (AvgIpc) is 2.46. The molecule has 1 aromatic rings. The number of benzene rings is 1. The minimum Gasteiger partial charge on any atom is -0.334 e. The van der Waals surface area contributed by atoms with Gasteiger partial charge in [0.25, 0.3) is 0 Å². The molecule has 1 fully saturated rings. The second-order valence-electron chi connectivity index (χ2n) is 5.18. The van der Waals surface area contributed by atoms with Crippen LogP contribution in [-0.2, 0) is 9.84 Å². The molecule has 0 spiro atoms. The molecule has 0 atom stereocenters. The summed E-state index contributed by atoms with van der Waals surface area (Å²) >= 11 is 5.76. The molecule has 1 saturated heterocycles. The van der Waals surface area contributed by atoms with Crippen LogP contribution in [0.4, 0.5) is 0 Å². The Morgan fingerprint density at radius 2 is 1.85 bits per heavy atom. The van der Waals surface area contributed by atoms with Gasteiger partial charge in [0.1, 0.15) is 5.75 Å². The molecule has 1 aliphatic heterocycles. The summed E-state index contributed by atoms with van der Waals surface area (Å²) in [6.45, 7) is 2.37. The number of nitriles is 1. The molecule has 1 heterocycles. The fraction of sp³-hybridized carbons (Fsp3) is 0.500. The van der Waals surface area contributed by atoms with Gasteiger partial charge in [-0.2, -0.15) is 5.26 Å². The fourth-order valence-corrected chi connectivity index (χ4v) is 3.91. The van der Waals surface area contributed by atoms with Crippen molar-refractivity contribution in [2.45, 2.75) is 17.7 Å². The van der Waals surface area contributed by atoms with Crippen molar-refractivity contribution in [1.82, 2.24) is 0 Å². The Bertz CT molecular complexity index is 585. The second-order valence-corrected chi connectivity index (χ2v) is 7.72. The molecule has 1 aliphatic rings. The summed E-state index contributed by atoms with van der Waals surface area (Å²) in [7, 11) is -3.24. The molecule has 0 unspecified atom stereocenters. The Balaban J connectivity index is 1.90. The predicted octanol–water partition coefficient (Wildman–Crippen LogP) is 0.932. The van der Waals surface area contributed by atoms with E-state index in [1.165, 1.54) is 4.90 Å². The third-order valence-corrected chi connectivity index (χ3v) is 5.76. The number of piperidine rings is 1. The van der Waals surface area contributed by atoms with Crippen LogP contribution in [0.3, 0.4) is 0 Å². The van der Waals surface area contributed by atoms with Gasteiger partial charge in [0.2, 0.25) is 0 Å². The lowest BCUT2D eigenvalue weighted by atomic mass is 9.99. The first-order valence-electron chi connectivity index (χ1n) is 6.73. The SMILES string of the molecule is N#CC1CC[NH+](CCS(=O)(=O)c2ccc(Cl)cc2)CC1. The number of sulfone groups is 1. The zero-order valence-electron chi connectivity index (χ0n) is 11.2. The lowest BCUT2D eigenvalue weighted by Gasteiger charge is -2.25. The van der Waals surface area contributed by atoms with E-state index in [4.69, 9.17) is 16.9 Å². The summed E-state index contributed by atoms with van der Waals surface area (Å²) in [5.74, 6) is 0.285. The van der Waals surface area contributed by atoms with Crippen molar-refractivity contribution in [3.05, 3.63) is 29.3 Å². The Morgan fingerprint density at radius 3 is 2.40 bits per heavy atom. The van der Waals surface area contributed by atoms with Crippen molar-refractivity contribution in [1.29, 1.82) is 5.26 Å². The highest BCUT2D eigenvalue weighted by Gasteiger charge is 2.24. The zero-order chi connectivity index (χ0) is 14.6. The van der Waals surface area contributed by atoms with Crippen LogP contribution in [0.5, 0.6) is 0 Å². The van der Waals surface area contributed by atoms with Crippen LogP contribution in [0.2, 0.25) is 5.02 Å². The van der Waals surface area contributed by atoms with Gasteiger partial charge < -0.3 is 4.90 Å². The molecule has 1 aromatic carbocycles. The minimum absolute atomic E-state index is 0.140. The molecule has 0 aromatic heterocycles. The maximum Gasteiger partial charge on any atom is 0.183 e. The van der Waals surface area contributed by atoms with Crippen LogP contribution in [0.15, 0.2) is 29.2 Å². The summed E-state index contributed by atoms with van der Waals surface area (Å²) in [5.41, 5.74) is 0. The summed E-state index contributed by atoms with van der Waals surface area (Å²) < 4.78 is 24.4. The molecule has 0 radical (unpaired) electrons. The van der Waals surface area contributed by atoms with Gasteiger partial charge in [0.05, 0.1) is 36.5 Å². The van der Waals surface area contributed by atoms with Crippen molar-refractivity contribution in [2.75, 3.05) is 25.4 Å². The van der Waals surface area contributed by atoms with E-state index in [-0.39, 0.29) is 11.7 Å². The largest absolute Gasteiger partial charge is 0.334 e. The van der Waals surface area contributed by atoms with Crippen molar-refractivity contribution < 1.29 is 13.3 Å². The van der Waals surface area contributed by atoms with Gasteiger partial charge in [-0.15, -0.1) is 0 Å². The quantitative estimate of drug-likeness (QED) is 0.899. The molecule has 0 amide bonds. The number of nitrogens with one attached hydrogen (secondary N) is 1. The summed E-state index contributed by atoms with van der Waals surface area (Å²) in [6, 6.07) is 8.58. The highest BCUT2D eigenvalue weighted by molar-refractivity contribution is 7.91. The van der Waals surface area contributed by atoms with Gasteiger partial charge in [0, 0.05) is 17.9 Å². The summed E-state index contributed by atoms with van der Waals surface area (Å²) in [4.78, 5) is 1.60. The Labute approximate surface area is 124 Å². The predicted molar refractivity (Wildman–Crippen MR) is 77.4 cm³/mol. The van der Waals surface area contributed by atoms with Gasteiger partial charge in [-0.3, -0.25) is 0 Å². The number of nitrogens with zero attached hydrogens (tertiary/aromatic N) is 1. The van der Waals surface area contributed by atoms with Crippen molar-refractivity contribution in [3.8, 4) is 6.07 Å². The van der Waals surface area contributed by atoms with Crippen molar-refractivity contribution >= 4 is 21.4 Å². The van der Waals surface area contributed by atoms with Gasteiger partial charge in [-0.1, -0.05) is 11.6 Å². The first-order valence-corrected chi connectivity index (χ1v) is 8.76. The molecule has 1 N–H and O–H groups in total. The fourth-order valence-electron chi connectivity index (χ4n) is 2.44. The van der Waals surface area contributed by atoms with E-state index >= 15 is 0 Å². The van der Waals surface area contributed by atoms with E-state index in [2.05, 4.69) is 6.07 Å². The van der Waals surface area contributed by atoms with E-state index in [9.17, 15) is 8.42 Å². The maximum atomic E-state index is 12.2. The number of quaternary nitrogens is 1. The van der Waals surface area contributed by atoms with Gasteiger partial charge in [-0.25, -0.2) is 8.42 Å². The second kappa shape index (κ2) is 6.57. The van der Waals surface area contributed by atoms with Crippen LogP contribution in [0.25, 0.3) is 0 Å². The highest BCUT2D eigenvalue weighted by atomic mass is 35.5. The molecule has 0 aliphatic carbocycles. The summed E-state index contributed by atoms with van der Waals surface area (Å²) in [5, 5.41) is 9.38. The molecule has 4 nitrogen and oxygen atoms in total. The van der Waals surface area contributed by atoms with Crippen LogP contribution in [0, 0.1) is 17.2 Å². The molecule has 2 rings (SSSR count). The molecule has 0 saturated carbocycles. The smallest absolute Gasteiger partial charge is 0.183 e. The minimum atomic E-state index is -3.24. The molecular weight excluding hydrogens is 296 g/mol. The Hall–Kier alpha value is -1.09. The van der Waals surface area contributed by atoms with Crippen LogP contribution in [0.1, 0.15) is 12.8 Å². The van der Waals surface area contributed by atoms with E-state index < -0.39 is 9.84 Å². The van der Waals surface area contributed by atoms with Crippen LogP contribution < -0.4 is 4.90 Å². The Kier molecular flexibility index (Phi) is 5.03. The highest BCUT2D eigenvalue weighted by Crippen LogP contribution is 2.15. The summed E-state index contributed by atoms with van der Waals surface area (Å²) in [6.07, 6.45) is 1.74. The number of hydrogen-bond acceptors (Lipinski definition) is 3. The van der Waals surface area contributed by atoms with E-state index in [1.807, 2.05) is 0 Å². The third kappa shape index (κ3) is 3.95. The van der Waals surface area contributed by atoms with Crippen LogP contribution >= 0.6 is 11.6 Å². The molecule has 20 heavy (non-hydrogen) atoms. The maximum absolute atomic E-state index is 12.2. The average molecular weight is 314 g/mol. The molecular formula is C14H18ClN2O2S+. The number of likely N-dealkylation sites (tertiary alicyclic amines) is 1. The monoisotopic (exact) mass is 313 g/mol. The van der Waals surface area contributed by atoms with E-state index in [1.54, 1.807) is 24.3 Å². The van der Waals surface area contributed by atoms with Crippen LogP contribution in [-0.4, -0.2) is 33.8 Å². The molecule has 6 heteroatoms.